The van der Waals surface area contributed by atoms with E-state index in [2.05, 4.69) is 49.9 Å². The van der Waals surface area contributed by atoms with E-state index in [0.29, 0.717) is 0 Å². The van der Waals surface area contributed by atoms with Gasteiger partial charge in [0.05, 0.1) is 0 Å². The standard InChI is InChI=1S/C20H31N/c1-20(2,3)18-8-6-7-17(15-18)16-11-13-21(14-12-16)19-9-4-5-10-19/h6-8,15-16,19H,4-5,9-14H2,1-3H3. The third kappa shape index (κ3) is 3.51. The van der Waals surface area contributed by atoms with Crippen molar-refractivity contribution in [1.29, 1.82) is 0 Å². The van der Waals surface area contributed by atoms with Gasteiger partial charge in [-0.25, -0.2) is 0 Å². The van der Waals surface area contributed by atoms with Crippen LogP contribution < -0.4 is 0 Å². The Kier molecular flexibility index (Phi) is 4.40. The minimum absolute atomic E-state index is 0.264. The minimum Gasteiger partial charge on any atom is -0.300 e. The second-order valence-electron chi connectivity index (χ2n) is 8.12. The summed E-state index contributed by atoms with van der Waals surface area (Å²) in [6.45, 7) is 9.57. The molecule has 1 nitrogen and oxygen atoms in total. The van der Waals surface area contributed by atoms with E-state index in [-0.39, 0.29) is 5.41 Å². The molecule has 1 aromatic carbocycles. The van der Waals surface area contributed by atoms with E-state index in [4.69, 9.17) is 0 Å². The number of nitrogens with zero attached hydrogens (tertiary/aromatic N) is 1. The fourth-order valence-corrected chi connectivity index (χ4v) is 4.13. The lowest BCUT2D eigenvalue weighted by Gasteiger charge is -2.36. The fourth-order valence-electron chi connectivity index (χ4n) is 4.13. The summed E-state index contributed by atoms with van der Waals surface area (Å²) in [4.78, 5) is 2.77. The zero-order chi connectivity index (χ0) is 14.9. The Balaban J connectivity index is 1.64. The summed E-state index contributed by atoms with van der Waals surface area (Å²) in [6, 6.07) is 10.3. The number of benzene rings is 1. The second-order valence-corrected chi connectivity index (χ2v) is 8.12. The first-order valence-corrected chi connectivity index (χ1v) is 8.88. The van der Waals surface area contributed by atoms with E-state index in [1.54, 1.807) is 5.56 Å². The molecule has 1 saturated carbocycles. The highest BCUT2D eigenvalue weighted by atomic mass is 15.2. The van der Waals surface area contributed by atoms with E-state index >= 15 is 0 Å². The molecule has 1 aliphatic carbocycles. The fraction of sp³-hybridized carbons (Fsp3) is 0.700. The van der Waals surface area contributed by atoms with Crippen LogP contribution in [0.25, 0.3) is 0 Å². The Hall–Kier alpha value is -0.820. The van der Waals surface area contributed by atoms with Gasteiger partial charge in [0.15, 0.2) is 0 Å². The molecule has 2 aliphatic rings. The van der Waals surface area contributed by atoms with Gasteiger partial charge in [-0.05, 0) is 61.2 Å². The Morgan fingerprint density at radius 1 is 0.952 bits per heavy atom. The molecule has 3 rings (SSSR count). The number of likely N-dealkylation sites (tertiary alicyclic amines) is 1. The van der Waals surface area contributed by atoms with Crippen molar-refractivity contribution in [2.24, 2.45) is 0 Å². The van der Waals surface area contributed by atoms with Gasteiger partial charge in [-0.1, -0.05) is 57.9 Å². The van der Waals surface area contributed by atoms with Crippen LogP contribution in [0.3, 0.4) is 0 Å². The number of piperidine rings is 1. The van der Waals surface area contributed by atoms with Gasteiger partial charge in [-0.15, -0.1) is 0 Å². The van der Waals surface area contributed by atoms with E-state index in [1.807, 2.05) is 0 Å². The molecule has 1 aromatic rings. The average molecular weight is 285 g/mol. The molecule has 21 heavy (non-hydrogen) atoms. The van der Waals surface area contributed by atoms with Crippen LogP contribution in [0.2, 0.25) is 0 Å². The second kappa shape index (κ2) is 6.12. The van der Waals surface area contributed by atoms with E-state index in [9.17, 15) is 0 Å². The van der Waals surface area contributed by atoms with Crippen molar-refractivity contribution >= 4 is 0 Å². The number of hydrogen-bond acceptors (Lipinski definition) is 1. The lowest BCUT2D eigenvalue weighted by Crippen LogP contribution is -2.39. The zero-order valence-electron chi connectivity index (χ0n) is 14.1. The van der Waals surface area contributed by atoms with Crippen LogP contribution in [-0.4, -0.2) is 24.0 Å². The molecule has 1 heterocycles. The van der Waals surface area contributed by atoms with E-state index < -0.39 is 0 Å². The third-order valence-electron chi connectivity index (χ3n) is 5.59. The quantitative estimate of drug-likeness (QED) is 0.730. The molecular weight excluding hydrogens is 254 g/mol. The molecule has 0 bridgehead atoms. The molecule has 0 amide bonds. The molecule has 0 spiro atoms. The lowest BCUT2D eigenvalue weighted by atomic mass is 9.82. The van der Waals surface area contributed by atoms with Crippen molar-refractivity contribution in [1.82, 2.24) is 4.90 Å². The van der Waals surface area contributed by atoms with Crippen LogP contribution in [0, 0.1) is 0 Å². The van der Waals surface area contributed by atoms with Gasteiger partial charge >= 0.3 is 0 Å². The maximum atomic E-state index is 2.77. The Bertz CT molecular complexity index is 457. The first kappa shape index (κ1) is 15.1. The summed E-state index contributed by atoms with van der Waals surface area (Å²) in [5.74, 6) is 0.782. The minimum atomic E-state index is 0.264. The van der Waals surface area contributed by atoms with Gasteiger partial charge in [-0.2, -0.15) is 0 Å². The van der Waals surface area contributed by atoms with Crippen molar-refractivity contribution < 1.29 is 0 Å². The largest absolute Gasteiger partial charge is 0.300 e. The summed E-state index contributed by atoms with van der Waals surface area (Å²) < 4.78 is 0. The highest BCUT2D eigenvalue weighted by Crippen LogP contribution is 2.34. The predicted octanol–water partition coefficient (Wildman–Crippen LogP) is 5.11. The summed E-state index contributed by atoms with van der Waals surface area (Å²) in [7, 11) is 0. The molecule has 0 unspecified atom stereocenters. The monoisotopic (exact) mass is 285 g/mol. The molecule has 1 heteroatoms. The van der Waals surface area contributed by atoms with Gasteiger partial charge in [0.2, 0.25) is 0 Å². The summed E-state index contributed by atoms with van der Waals surface area (Å²) in [5, 5.41) is 0. The molecule has 0 N–H and O–H groups in total. The van der Waals surface area contributed by atoms with Gasteiger partial charge in [0, 0.05) is 6.04 Å². The zero-order valence-corrected chi connectivity index (χ0v) is 14.1. The molecule has 1 saturated heterocycles. The van der Waals surface area contributed by atoms with Crippen LogP contribution in [0.15, 0.2) is 24.3 Å². The maximum Gasteiger partial charge on any atom is 0.00952 e. The smallest absolute Gasteiger partial charge is 0.00952 e. The Morgan fingerprint density at radius 3 is 2.24 bits per heavy atom. The summed E-state index contributed by atoms with van der Waals surface area (Å²) in [6.07, 6.45) is 8.51. The highest BCUT2D eigenvalue weighted by molar-refractivity contribution is 5.31. The number of hydrogen-bond donors (Lipinski definition) is 0. The summed E-state index contributed by atoms with van der Waals surface area (Å²) in [5.41, 5.74) is 3.33. The molecule has 0 aromatic heterocycles. The predicted molar refractivity (Wildman–Crippen MR) is 90.9 cm³/mol. The van der Waals surface area contributed by atoms with Crippen molar-refractivity contribution in [2.75, 3.05) is 13.1 Å². The first-order chi connectivity index (χ1) is 10.0. The van der Waals surface area contributed by atoms with Crippen molar-refractivity contribution in [2.45, 2.75) is 76.7 Å². The summed E-state index contributed by atoms with van der Waals surface area (Å²) >= 11 is 0. The van der Waals surface area contributed by atoms with Gasteiger partial charge < -0.3 is 4.90 Å². The van der Waals surface area contributed by atoms with Crippen molar-refractivity contribution in [3.8, 4) is 0 Å². The van der Waals surface area contributed by atoms with E-state index in [0.717, 1.165) is 12.0 Å². The molecule has 1 aliphatic heterocycles. The van der Waals surface area contributed by atoms with Crippen LogP contribution >= 0.6 is 0 Å². The molecule has 0 radical (unpaired) electrons. The average Bonchev–Trinajstić information content (AvgIpc) is 3.01. The molecule has 0 atom stereocenters. The van der Waals surface area contributed by atoms with E-state index in [1.165, 1.54) is 57.2 Å². The van der Waals surface area contributed by atoms with Crippen LogP contribution in [-0.2, 0) is 5.41 Å². The Labute approximate surface area is 130 Å². The van der Waals surface area contributed by atoms with Gasteiger partial charge in [-0.3, -0.25) is 0 Å². The maximum absolute atomic E-state index is 2.77. The normalized spacial score (nSPS) is 22.8. The van der Waals surface area contributed by atoms with Gasteiger partial charge in [0.25, 0.3) is 0 Å². The van der Waals surface area contributed by atoms with Crippen LogP contribution in [0.1, 0.15) is 76.3 Å². The molecule has 116 valence electrons. The van der Waals surface area contributed by atoms with Crippen LogP contribution in [0.5, 0.6) is 0 Å². The Morgan fingerprint density at radius 2 is 1.62 bits per heavy atom. The molecule has 2 fully saturated rings. The van der Waals surface area contributed by atoms with Crippen LogP contribution in [0.4, 0.5) is 0 Å². The SMILES string of the molecule is CC(C)(C)c1cccc(C2CCN(C3CCCC3)CC2)c1. The highest BCUT2D eigenvalue weighted by Gasteiger charge is 2.28. The van der Waals surface area contributed by atoms with Gasteiger partial charge in [0.1, 0.15) is 0 Å². The van der Waals surface area contributed by atoms with Crippen molar-refractivity contribution in [3.05, 3.63) is 35.4 Å². The lowest BCUT2D eigenvalue weighted by molar-refractivity contribution is 0.154. The topological polar surface area (TPSA) is 3.24 Å². The third-order valence-corrected chi connectivity index (χ3v) is 5.59. The first-order valence-electron chi connectivity index (χ1n) is 8.88. The number of rotatable bonds is 2. The molecular formula is C20H31N. The van der Waals surface area contributed by atoms with Crippen molar-refractivity contribution in [3.63, 3.8) is 0 Å².